The van der Waals surface area contributed by atoms with Crippen LogP contribution in [0.2, 0.25) is 0 Å². The number of ether oxygens (including phenoxy) is 1. The second-order valence-corrected chi connectivity index (χ2v) is 5.71. The van der Waals surface area contributed by atoms with Gasteiger partial charge in [0, 0.05) is 17.7 Å². The molecule has 8 nitrogen and oxygen atoms in total. The normalized spacial score (nSPS) is 16.5. The minimum atomic E-state index is -0.924. The van der Waals surface area contributed by atoms with E-state index < -0.39 is 35.2 Å². The third-order valence-corrected chi connectivity index (χ3v) is 3.98. The summed E-state index contributed by atoms with van der Waals surface area (Å²) in [4.78, 5) is 48.6. The molecule has 0 saturated heterocycles. The van der Waals surface area contributed by atoms with Crippen molar-refractivity contribution < 1.29 is 24.0 Å². The molecular weight excluding hydrogens is 340 g/mol. The molecule has 2 aromatic carbocycles. The lowest BCUT2D eigenvalue weighted by Gasteiger charge is -2.19. The standard InChI is InChI=1S/C18H14N2O6/c1-11-17(22)19(18(23)14-4-2-3-5-16(14)26-11)10-15(21)12-6-8-13(9-7-12)20(24)25/h2-9,11H,10H2,1H3. The molecule has 1 aliphatic heterocycles. The molecule has 26 heavy (non-hydrogen) atoms. The monoisotopic (exact) mass is 354 g/mol. The lowest BCUT2D eigenvalue weighted by Crippen LogP contribution is -2.44. The Hall–Kier alpha value is -3.55. The Kier molecular flexibility index (Phi) is 4.49. The number of carbonyl (C=O) groups is 3. The van der Waals surface area contributed by atoms with E-state index in [1.54, 1.807) is 18.2 Å². The minimum absolute atomic E-state index is 0.153. The Morgan fingerprint density at radius 2 is 1.81 bits per heavy atom. The summed E-state index contributed by atoms with van der Waals surface area (Å²) in [6.07, 6.45) is -0.924. The number of Topliss-reactive ketones (excluding diaryl/α,β-unsaturated/α-hetero) is 1. The van der Waals surface area contributed by atoms with E-state index in [1.807, 2.05) is 0 Å². The van der Waals surface area contributed by atoms with Crippen molar-refractivity contribution >= 4 is 23.3 Å². The molecule has 0 spiro atoms. The average molecular weight is 354 g/mol. The van der Waals surface area contributed by atoms with Crippen molar-refractivity contribution in [3.63, 3.8) is 0 Å². The van der Waals surface area contributed by atoms with E-state index in [0.29, 0.717) is 0 Å². The van der Waals surface area contributed by atoms with Gasteiger partial charge >= 0.3 is 0 Å². The molecule has 0 saturated carbocycles. The molecule has 1 aliphatic rings. The van der Waals surface area contributed by atoms with E-state index >= 15 is 0 Å². The molecule has 3 rings (SSSR count). The first-order valence-electron chi connectivity index (χ1n) is 7.77. The number of carbonyl (C=O) groups excluding carboxylic acids is 3. The van der Waals surface area contributed by atoms with Crippen molar-refractivity contribution in [2.75, 3.05) is 6.54 Å². The van der Waals surface area contributed by atoms with Crippen LogP contribution in [0.25, 0.3) is 0 Å². The molecule has 1 heterocycles. The maximum absolute atomic E-state index is 12.7. The number of rotatable bonds is 4. The van der Waals surface area contributed by atoms with Gasteiger partial charge in [-0.15, -0.1) is 0 Å². The highest BCUT2D eigenvalue weighted by Gasteiger charge is 2.35. The van der Waals surface area contributed by atoms with E-state index in [-0.39, 0.29) is 22.6 Å². The summed E-state index contributed by atoms with van der Waals surface area (Å²) in [6.45, 7) is 1.03. The molecule has 2 amide bonds. The maximum Gasteiger partial charge on any atom is 0.270 e. The van der Waals surface area contributed by atoms with Crippen LogP contribution in [0, 0.1) is 10.1 Å². The van der Waals surface area contributed by atoms with Crippen molar-refractivity contribution in [2.45, 2.75) is 13.0 Å². The van der Waals surface area contributed by atoms with Crippen LogP contribution < -0.4 is 4.74 Å². The van der Waals surface area contributed by atoms with Gasteiger partial charge in [-0.2, -0.15) is 0 Å². The predicted octanol–water partition coefficient (Wildman–Crippen LogP) is 2.23. The van der Waals surface area contributed by atoms with Crippen molar-refractivity contribution in [3.05, 3.63) is 69.8 Å². The Morgan fingerprint density at radius 3 is 2.46 bits per heavy atom. The number of amides is 2. The molecule has 132 valence electrons. The van der Waals surface area contributed by atoms with Gasteiger partial charge in [-0.25, -0.2) is 0 Å². The number of imide groups is 1. The summed E-state index contributed by atoms with van der Waals surface area (Å²) in [5.41, 5.74) is 0.212. The van der Waals surface area contributed by atoms with Crippen LogP contribution in [0.4, 0.5) is 5.69 Å². The van der Waals surface area contributed by atoms with Crippen molar-refractivity contribution in [2.24, 2.45) is 0 Å². The van der Waals surface area contributed by atoms with E-state index in [0.717, 1.165) is 4.90 Å². The summed E-state index contributed by atoms with van der Waals surface area (Å²) in [5.74, 6) is -1.47. The van der Waals surface area contributed by atoms with Gasteiger partial charge in [0.1, 0.15) is 5.75 Å². The smallest absolute Gasteiger partial charge is 0.270 e. The van der Waals surface area contributed by atoms with Gasteiger partial charge in [0.2, 0.25) is 0 Å². The number of fused-ring (bicyclic) bond motifs is 1. The zero-order valence-corrected chi connectivity index (χ0v) is 13.7. The highest BCUT2D eigenvalue weighted by atomic mass is 16.6. The van der Waals surface area contributed by atoms with Gasteiger partial charge < -0.3 is 4.74 Å². The molecule has 0 aromatic heterocycles. The number of benzene rings is 2. The number of para-hydroxylation sites is 1. The van der Waals surface area contributed by atoms with Crippen molar-refractivity contribution in [3.8, 4) is 5.75 Å². The van der Waals surface area contributed by atoms with Crippen LogP contribution in [0.1, 0.15) is 27.6 Å². The quantitative estimate of drug-likeness (QED) is 0.361. The Bertz CT molecular complexity index is 906. The summed E-state index contributed by atoms with van der Waals surface area (Å²) < 4.78 is 5.50. The van der Waals surface area contributed by atoms with Crippen LogP contribution >= 0.6 is 0 Å². The number of hydrogen-bond donors (Lipinski definition) is 0. The number of non-ortho nitro benzene ring substituents is 1. The second-order valence-electron chi connectivity index (χ2n) is 5.71. The van der Waals surface area contributed by atoms with Gasteiger partial charge in [-0.1, -0.05) is 12.1 Å². The maximum atomic E-state index is 12.7. The predicted molar refractivity (Wildman–Crippen MR) is 90.0 cm³/mol. The van der Waals surface area contributed by atoms with Gasteiger partial charge in [-0.05, 0) is 31.2 Å². The number of nitro groups is 1. The first-order chi connectivity index (χ1) is 12.4. The van der Waals surface area contributed by atoms with Crippen LogP contribution in [0.15, 0.2) is 48.5 Å². The Balaban J connectivity index is 1.87. The highest BCUT2D eigenvalue weighted by Crippen LogP contribution is 2.25. The number of hydrogen-bond acceptors (Lipinski definition) is 6. The second kappa shape index (κ2) is 6.75. The molecular formula is C18H14N2O6. The topological polar surface area (TPSA) is 107 Å². The lowest BCUT2D eigenvalue weighted by molar-refractivity contribution is -0.384. The fraction of sp³-hybridized carbons (Fsp3) is 0.167. The van der Waals surface area contributed by atoms with E-state index in [1.165, 1.54) is 37.3 Å². The average Bonchev–Trinajstić information content (AvgIpc) is 2.72. The van der Waals surface area contributed by atoms with E-state index in [9.17, 15) is 24.5 Å². The van der Waals surface area contributed by atoms with Crippen LogP contribution in [-0.2, 0) is 4.79 Å². The molecule has 0 fully saturated rings. The van der Waals surface area contributed by atoms with Crippen LogP contribution in [0.5, 0.6) is 5.75 Å². The minimum Gasteiger partial charge on any atom is -0.480 e. The highest BCUT2D eigenvalue weighted by molar-refractivity contribution is 6.12. The van der Waals surface area contributed by atoms with E-state index in [2.05, 4.69) is 0 Å². The Labute approximate surface area is 148 Å². The largest absolute Gasteiger partial charge is 0.480 e. The first kappa shape index (κ1) is 17.3. The SMILES string of the molecule is CC1Oc2ccccc2C(=O)N(CC(=O)c2ccc([N+](=O)[O-])cc2)C1=O. The molecule has 2 aromatic rings. The number of nitrogens with zero attached hydrogens (tertiary/aromatic N) is 2. The lowest BCUT2D eigenvalue weighted by atomic mass is 10.1. The number of nitro benzene ring substituents is 1. The molecule has 0 bridgehead atoms. The van der Waals surface area contributed by atoms with Crippen molar-refractivity contribution in [1.29, 1.82) is 0 Å². The zero-order chi connectivity index (χ0) is 18.8. The zero-order valence-electron chi connectivity index (χ0n) is 13.7. The molecule has 0 N–H and O–H groups in total. The van der Waals surface area contributed by atoms with Gasteiger partial charge in [0.25, 0.3) is 17.5 Å². The Morgan fingerprint density at radius 1 is 1.15 bits per heavy atom. The van der Waals surface area contributed by atoms with Crippen LogP contribution in [0.3, 0.4) is 0 Å². The molecule has 0 radical (unpaired) electrons. The van der Waals surface area contributed by atoms with Gasteiger partial charge in [0.15, 0.2) is 11.9 Å². The van der Waals surface area contributed by atoms with Gasteiger partial charge in [-0.3, -0.25) is 29.4 Å². The van der Waals surface area contributed by atoms with Crippen LogP contribution in [-0.4, -0.2) is 40.1 Å². The summed E-state index contributed by atoms with van der Waals surface area (Å²) in [5, 5.41) is 10.7. The first-order valence-corrected chi connectivity index (χ1v) is 7.77. The molecule has 1 unspecified atom stereocenters. The van der Waals surface area contributed by atoms with E-state index in [4.69, 9.17) is 4.74 Å². The molecule has 0 aliphatic carbocycles. The third kappa shape index (κ3) is 3.16. The third-order valence-electron chi connectivity index (χ3n) is 3.98. The fourth-order valence-electron chi connectivity index (χ4n) is 2.61. The number of ketones is 1. The fourth-order valence-corrected chi connectivity index (χ4v) is 2.61. The van der Waals surface area contributed by atoms with Crippen molar-refractivity contribution in [1.82, 2.24) is 4.90 Å². The summed E-state index contributed by atoms with van der Waals surface area (Å²) in [6, 6.07) is 11.4. The molecule has 8 heteroatoms. The summed E-state index contributed by atoms with van der Waals surface area (Å²) in [7, 11) is 0. The molecule has 1 atom stereocenters. The summed E-state index contributed by atoms with van der Waals surface area (Å²) >= 11 is 0. The van der Waals surface area contributed by atoms with Gasteiger partial charge in [0.05, 0.1) is 17.0 Å².